The van der Waals surface area contributed by atoms with Crippen molar-refractivity contribution in [3.8, 4) is 5.75 Å². The van der Waals surface area contributed by atoms with Gasteiger partial charge in [-0.05, 0) is 24.6 Å². The number of ether oxygens (including phenoxy) is 1. The quantitative estimate of drug-likeness (QED) is 0.858. The van der Waals surface area contributed by atoms with Crippen LogP contribution in [0.3, 0.4) is 0 Å². The molecule has 1 aromatic carbocycles. The van der Waals surface area contributed by atoms with E-state index in [-0.39, 0.29) is 11.5 Å². The molecule has 0 saturated carbocycles. The van der Waals surface area contributed by atoms with Crippen molar-refractivity contribution < 1.29 is 19.4 Å². The molecule has 5 nitrogen and oxygen atoms in total. The van der Waals surface area contributed by atoms with Crippen molar-refractivity contribution in [2.75, 3.05) is 12.4 Å². The van der Waals surface area contributed by atoms with Crippen LogP contribution in [0.4, 0.5) is 5.69 Å². The highest BCUT2D eigenvalue weighted by atomic mass is 16.5. The number of methoxy groups -OCH3 is 1. The second-order valence-corrected chi connectivity index (χ2v) is 4.91. The van der Waals surface area contributed by atoms with Crippen molar-refractivity contribution >= 4 is 17.6 Å². The lowest BCUT2D eigenvalue weighted by molar-refractivity contribution is -0.124. The molecule has 0 aliphatic heterocycles. The third kappa shape index (κ3) is 3.47. The van der Waals surface area contributed by atoms with Gasteiger partial charge in [-0.15, -0.1) is 0 Å². The van der Waals surface area contributed by atoms with Crippen molar-refractivity contribution in [1.29, 1.82) is 0 Å². The second kappa shape index (κ2) is 5.73. The van der Waals surface area contributed by atoms with Gasteiger partial charge in [0.1, 0.15) is 5.75 Å². The predicted molar refractivity (Wildman–Crippen MR) is 72.7 cm³/mol. The van der Waals surface area contributed by atoms with Crippen molar-refractivity contribution in [3.63, 3.8) is 0 Å². The first kappa shape index (κ1) is 15.0. The van der Waals surface area contributed by atoms with Gasteiger partial charge in [0.05, 0.1) is 18.4 Å². The zero-order valence-corrected chi connectivity index (χ0v) is 11.6. The minimum atomic E-state index is -1.05. The Balaban J connectivity index is 3.08. The smallest absolute Gasteiger partial charge is 0.335 e. The third-order valence-electron chi connectivity index (χ3n) is 3.19. The normalized spacial score (nSPS) is 10.9. The fraction of sp³-hybridized carbons (Fsp3) is 0.429. The van der Waals surface area contributed by atoms with Gasteiger partial charge in [-0.1, -0.05) is 20.8 Å². The van der Waals surface area contributed by atoms with Gasteiger partial charge in [-0.3, -0.25) is 4.79 Å². The summed E-state index contributed by atoms with van der Waals surface area (Å²) >= 11 is 0. The largest absolute Gasteiger partial charge is 0.495 e. The molecule has 0 aliphatic carbocycles. The Kier molecular flexibility index (Phi) is 4.53. The van der Waals surface area contributed by atoms with Crippen LogP contribution in [0.5, 0.6) is 5.75 Å². The highest BCUT2D eigenvalue weighted by Crippen LogP contribution is 2.29. The molecular weight excluding hydrogens is 246 g/mol. The average molecular weight is 265 g/mol. The summed E-state index contributed by atoms with van der Waals surface area (Å²) in [6.07, 6.45) is 0.680. The van der Waals surface area contributed by atoms with Crippen LogP contribution < -0.4 is 10.1 Å². The number of nitrogens with one attached hydrogen (secondary N) is 1. The van der Waals surface area contributed by atoms with Gasteiger partial charge >= 0.3 is 5.97 Å². The van der Waals surface area contributed by atoms with Gasteiger partial charge in [0.25, 0.3) is 0 Å². The van der Waals surface area contributed by atoms with Crippen LogP contribution >= 0.6 is 0 Å². The van der Waals surface area contributed by atoms with Crippen LogP contribution in [0.25, 0.3) is 0 Å². The van der Waals surface area contributed by atoms with E-state index >= 15 is 0 Å². The fourth-order valence-electron chi connectivity index (χ4n) is 1.39. The van der Waals surface area contributed by atoms with Crippen molar-refractivity contribution in [2.45, 2.75) is 27.2 Å². The topological polar surface area (TPSA) is 75.6 Å². The molecule has 0 heterocycles. The van der Waals surface area contributed by atoms with E-state index in [2.05, 4.69) is 5.32 Å². The first-order valence-electron chi connectivity index (χ1n) is 6.04. The molecule has 104 valence electrons. The van der Waals surface area contributed by atoms with Gasteiger partial charge in [0.15, 0.2) is 0 Å². The monoisotopic (exact) mass is 265 g/mol. The lowest BCUT2D eigenvalue weighted by Gasteiger charge is -2.22. The molecular formula is C14H19NO4. The number of aromatic carboxylic acids is 1. The van der Waals surface area contributed by atoms with E-state index in [0.29, 0.717) is 17.9 Å². The molecule has 0 bridgehead atoms. The molecule has 1 aromatic rings. The molecule has 0 atom stereocenters. The fourth-order valence-corrected chi connectivity index (χ4v) is 1.39. The Morgan fingerprint density at radius 1 is 1.37 bits per heavy atom. The molecule has 5 heteroatoms. The summed E-state index contributed by atoms with van der Waals surface area (Å²) in [7, 11) is 1.47. The van der Waals surface area contributed by atoms with Gasteiger partial charge in [0.2, 0.25) is 5.91 Å². The number of carboxylic acid groups (broad SMARTS) is 1. The Morgan fingerprint density at radius 3 is 2.47 bits per heavy atom. The molecule has 1 amide bonds. The average Bonchev–Trinajstić information content (AvgIpc) is 2.38. The molecule has 0 radical (unpaired) electrons. The van der Waals surface area contributed by atoms with Gasteiger partial charge in [0, 0.05) is 5.41 Å². The zero-order chi connectivity index (χ0) is 14.6. The van der Waals surface area contributed by atoms with Crippen LogP contribution in [0, 0.1) is 5.41 Å². The Labute approximate surface area is 112 Å². The van der Waals surface area contributed by atoms with Gasteiger partial charge in [-0.2, -0.15) is 0 Å². The number of carbonyl (C=O) groups is 2. The van der Waals surface area contributed by atoms with Crippen molar-refractivity contribution in [1.82, 2.24) is 0 Å². The number of benzene rings is 1. The van der Waals surface area contributed by atoms with E-state index in [4.69, 9.17) is 9.84 Å². The lowest BCUT2D eigenvalue weighted by atomic mass is 9.89. The minimum Gasteiger partial charge on any atom is -0.495 e. The molecule has 1 rings (SSSR count). The molecule has 0 aliphatic rings. The maximum Gasteiger partial charge on any atom is 0.335 e. The van der Waals surface area contributed by atoms with Crippen LogP contribution in [0.1, 0.15) is 37.6 Å². The highest BCUT2D eigenvalue weighted by Gasteiger charge is 2.26. The number of carboxylic acids is 1. The van der Waals surface area contributed by atoms with Crippen LogP contribution in [0.2, 0.25) is 0 Å². The number of amides is 1. The number of hydrogen-bond donors (Lipinski definition) is 2. The van der Waals surface area contributed by atoms with E-state index in [1.165, 1.54) is 25.3 Å². The molecule has 2 N–H and O–H groups in total. The standard InChI is InChI=1S/C14H19NO4/c1-5-14(2,3)13(18)15-10-8-9(12(16)17)6-7-11(10)19-4/h6-8H,5H2,1-4H3,(H,15,18)(H,16,17). The van der Waals surface area contributed by atoms with E-state index in [1.807, 2.05) is 20.8 Å². The predicted octanol–water partition coefficient (Wildman–Crippen LogP) is 2.77. The summed E-state index contributed by atoms with van der Waals surface area (Å²) in [4.78, 5) is 23.0. The Hall–Kier alpha value is -2.04. The second-order valence-electron chi connectivity index (χ2n) is 4.91. The number of hydrogen-bond acceptors (Lipinski definition) is 3. The summed E-state index contributed by atoms with van der Waals surface area (Å²) in [5, 5.41) is 11.7. The van der Waals surface area contributed by atoms with E-state index in [1.54, 1.807) is 0 Å². The van der Waals surface area contributed by atoms with Crippen LogP contribution in [-0.4, -0.2) is 24.1 Å². The zero-order valence-electron chi connectivity index (χ0n) is 11.6. The Morgan fingerprint density at radius 2 is 2.00 bits per heavy atom. The summed E-state index contributed by atoms with van der Waals surface area (Å²) in [6, 6.07) is 4.35. The first-order chi connectivity index (χ1) is 8.81. The number of rotatable bonds is 5. The van der Waals surface area contributed by atoms with E-state index in [9.17, 15) is 9.59 Å². The molecule has 0 aromatic heterocycles. The van der Waals surface area contributed by atoms with Crippen LogP contribution in [-0.2, 0) is 4.79 Å². The maximum atomic E-state index is 12.1. The Bertz CT molecular complexity index is 494. The maximum absolute atomic E-state index is 12.1. The van der Waals surface area contributed by atoms with E-state index in [0.717, 1.165) is 0 Å². The van der Waals surface area contributed by atoms with E-state index < -0.39 is 11.4 Å². The van der Waals surface area contributed by atoms with Crippen LogP contribution in [0.15, 0.2) is 18.2 Å². The van der Waals surface area contributed by atoms with Crippen molar-refractivity contribution in [2.24, 2.45) is 5.41 Å². The minimum absolute atomic E-state index is 0.102. The molecule has 0 unspecified atom stereocenters. The summed E-state index contributed by atoms with van der Waals surface area (Å²) < 4.78 is 5.12. The first-order valence-corrected chi connectivity index (χ1v) is 6.04. The van der Waals surface area contributed by atoms with Gasteiger partial charge in [-0.25, -0.2) is 4.79 Å². The molecule has 19 heavy (non-hydrogen) atoms. The molecule has 0 fully saturated rings. The van der Waals surface area contributed by atoms with Crippen molar-refractivity contribution in [3.05, 3.63) is 23.8 Å². The molecule has 0 saturated heterocycles. The summed E-state index contributed by atoms with van der Waals surface area (Å²) in [5.41, 5.74) is -0.0520. The lowest BCUT2D eigenvalue weighted by Crippen LogP contribution is -2.30. The number of carbonyl (C=O) groups excluding carboxylic acids is 1. The number of anilines is 1. The SMILES string of the molecule is CCC(C)(C)C(=O)Nc1cc(C(=O)O)ccc1OC. The summed E-state index contributed by atoms with van der Waals surface area (Å²) in [5.74, 6) is -0.783. The summed E-state index contributed by atoms with van der Waals surface area (Å²) in [6.45, 7) is 5.58. The van der Waals surface area contributed by atoms with Gasteiger partial charge < -0.3 is 15.2 Å². The molecule has 0 spiro atoms. The third-order valence-corrected chi connectivity index (χ3v) is 3.19. The highest BCUT2D eigenvalue weighted by molar-refractivity contribution is 5.98.